The summed E-state index contributed by atoms with van der Waals surface area (Å²) in [5.74, 6) is -2.24. The van der Waals surface area contributed by atoms with Crippen molar-refractivity contribution >= 4 is 11.8 Å². The average Bonchev–Trinajstić information content (AvgIpc) is 2.77. The van der Waals surface area contributed by atoms with Crippen LogP contribution in [-0.4, -0.2) is 53.5 Å². The number of nitrogens with zero attached hydrogens (tertiary/aromatic N) is 3. The van der Waals surface area contributed by atoms with E-state index < -0.39 is 79.2 Å². The van der Waals surface area contributed by atoms with E-state index in [0.29, 0.717) is 0 Å². The Morgan fingerprint density at radius 2 is 1.94 bits per heavy atom. The van der Waals surface area contributed by atoms with Gasteiger partial charge in [0, 0.05) is 18.4 Å². The molecule has 36 heavy (non-hydrogen) atoms. The van der Waals surface area contributed by atoms with Gasteiger partial charge in [-0.3, -0.25) is 4.79 Å². The normalized spacial score (nSPS) is 20.5. The molecule has 2 aromatic rings. The Labute approximate surface area is 198 Å². The van der Waals surface area contributed by atoms with Gasteiger partial charge < -0.3 is 15.2 Å². The number of benzene rings is 1. The Morgan fingerprint density at radius 1 is 1.25 bits per heavy atom. The first kappa shape index (κ1) is 27.1. The number of aryl methyl sites for hydroxylation is 1. The largest absolute Gasteiger partial charge is 0.467 e. The highest BCUT2D eigenvalue weighted by atomic mass is 19.4. The van der Waals surface area contributed by atoms with Gasteiger partial charge in [0.15, 0.2) is 18.5 Å². The number of amidine groups is 1. The summed E-state index contributed by atoms with van der Waals surface area (Å²) in [6.07, 6.45) is -12.8. The van der Waals surface area contributed by atoms with Crippen LogP contribution in [0.5, 0.6) is 5.88 Å². The molecular formula is C21H18F8N4O3. The Morgan fingerprint density at radius 3 is 2.53 bits per heavy atom. The molecular weight excluding hydrogens is 508 g/mol. The predicted molar refractivity (Wildman–Crippen MR) is 108 cm³/mol. The second-order valence-corrected chi connectivity index (χ2v) is 7.93. The summed E-state index contributed by atoms with van der Waals surface area (Å²) in [6.45, 7) is -1.86. The predicted octanol–water partition coefficient (Wildman–Crippen LogP) is 4.12. The second kappa shape index (κ2) is 9.85. The molecule has 0 fully saturated rings. The maximum absolute atomic E-state index is 14.7. The highest BCUT2D eigenvalue weighted by Crippen LogP contribution is 2.41. The zero-order chi connectivity index (χ0) is 26.9. The zero-order valence-corrected chi connectivity index (χ0v) is 18.4. The Bertz CT molecular complexity index is 1170. The smallest absolute Gasteiger partial charge is 0.425 e. The molecule has 0 radical (unpaired) electrons. The van der Waals surface area contributed by atoms with E-state index in [0.717, 1.165) is 24.4 Å². The Hall–Kier alpha value is -3.52. The molecule has 1 aromatic heterocycles. The molecule has 2 N–H and O–H groups in total. The van der Waals surface area contributed by atoms with Gasteiger partial charge in [-0.25, -0.2) is 23.7 Å². The number of ketones is 1. The molecule has 15 heteroatoms. The number of aliphatic imine (C=N–C) groups is 1. The van der Waals surface area contributed by atoms with Crippen molar-refractivity contribution in [1.82, 2.24) is 9.97 Å². The summed E-state index contributed by atoms with van der Waals surface area (Å²) in [4.78, 5) is 23.8. The van der Waals surface area contributed by atoms with Crippen LogP contribution in [-0.2, 0) is 16.7 Å². The van der Waals surface area contributed by atoms with Crippen LogP contribution in [0.25, 0.3) is 0 Å². The van der Waals surface area contributed by atoms with E-state index in [9.17, 15) is 39.9 Å². The molecule has 196 valence electrons. The van der Waals surface area contributed by atoms with Crippen molar-refractivity contribution in [3.05, 3.63) is 52.7 Å². The number of alkyl halides is 7. The number of ether oxygens (including phenoxy) is 2. The molecule has 0 aliphatic carbocycles. The number of hydrogen-bond acceptors (Lipinski definition) is 7. The van der Waals surface area contributed by atoms with Crippen LogP contribution in [0.2, 0.25) is 0 Å². The average molecular weight is 526 g/mol. The van der Waals surface area contributed by atoms with Crippen molar-refractivity contribution in [1.29, 1.82) is 0 Å². The summed E-state index contributed by atoms with van der Waals surface area (Å²) >= 11 is 0. The fraction of sp³-hybridized carbons (Fsp3) is 0.429. The van der Waals surface area contributed by atoms with Gasteiger partial charge in [0.1, 0.15) is 23.7 Å². The number of Topliss-reactive ketones (excluding diaryl/α,β-unsaturated/α-hetero) is 1. The number of rotatable bonds is 7. The number of hydrogen-bond donors (Lipinski definition) is 1. The van der Waals surface area contributed by atoms with Crippen molar-refractivity contribution in [2.75, 3.05) is 13.3 Å². The maximum Gasteiger partial charge on any atom is 0.425 e. The molecule has 7 nitrogen and oxygen atoms in total. The summed E-state index contributed by atoms with van der Waals surface area (Å²) in [5.41, 5.74) is 2.20. The fourth-order valence-electron chi connectivity index (χ4n) is 3.55. The lowest BCUT2D eigenvalue weighted by molar-refractivity contribution is -0.209. The van der Waals surface area contributed by atoms with Crippen molar-refractivity contribution in [2.45, 2.75) is 43.8 Å². The number of halogens is 8. The molecule has 3 rings (SSSR count). The molecule has 2 atom stereocenters. The van der Waals surface area contributed by atoms with Gasteiger partial charge in [-0.05, 0) is 24.6 Å². The molecule has 1 aliphatic heterocycles. The third kappa shape index (κ3) is 6.18. The lowest BCUT2D eigenvalue weighted by Crippen LogP contribution is -2.48. The SMILES string of the molecule is Cc1nc(OCC(F)(F)F)cnc1C(=O)Cc1ccc(F)c([C@]2(CF)C[C@@H](C(F)(F)F)OC(N)=N2)c1. The third-order valence-electron chi connectivity index (χ3n) is 5.17. The van der Waals surface area contributed by atoms with Crippen LogP contribution in [0.3, 0.4) is 0 Å². The van der Waals surface area contributed by atoms with Crippen LogP contribution in [0, 0.1) is 12.7 Å². The lowest BCUT2D eigenvalue weighted by Gasteiger charge is -2.36. The van der Waals surface area contributed by atoms with Crippen LogP contribution in [0.4, 0.5) is 35.1 Å². The molecule has 1 aliphatic rings. The van der Waals surface area contributed by atoms with Gasteiger partial charge in [-0.15, -0.1) is 0 Å². The van der Waals surface area contributed by atoms with Crippen molar-refractivity contribution in [3.63, 3.8) is 0 Å². The first-order valence-electron chi connectivity index (χ1n) is 10.1. The standard InChI is InChI=1S/C21H18F8N4O3/c1-10-17(31-7-16(32-10)35-9-20(24,25)26)14(34)5-11-2-3-13(23)12(4-11)19(8-22)6-15(21(27,28)29)36-18(30)33-19/h2-4,7,15H,5-6,8-9H2,1H3,(H2,30,33)/t15-,19+/m0/s1. The van der Waals surface area contributed by atoms with Gasteiger partial charge in [-0.2, -0.15) is 26.3 Å². The first-order valence-corrected chi connectivity index (χ1v) is 10.1. The van der Waals surface area contributed by atoms with E-state index in [1.54, 1.807) is 0 Å². The monoisotopic (exact) mass is 526 g/mol. The number of carbonyl (C=O) groups excluding carboxylic acids is 1. The maximum atomic E-state index is 14.7. The Balaban J connectivity index is 1.87. The van der Waals surface area contributed by atoms with E-state index in [1.807, 2.05) is 0 Å². The minimum Gasteiger partial charge on any atom is -0.467 e. The van der Waals surface area contributed by atoms with E-state index >= 15 is 0 Å². The number of aromatic nitrogens is 2. The first-order chi connectivity index (χ1) is 16.6. The highest BCUT2D eigenvalue weighted by molar-refractivity contribution is 5.96. The third-order valence-corrected chi connectivity index (χ3v) is 5.17. The van der Waals surface area contributed by atoms with Crippen LogP contribution < -0.4 is 10.5 Å². The lowest BCUT2D eigenvalue weighted by atomic mass is 9.83. The summed E-state index contributed by atoms with van der Waals surface area (Å²) < 4.78 is 114. The van der Waals surface area contributed by atoms with E-state index in [4.69, 9.17) is 5.73 Å². The van der Waals surface area contributed by atoms with Gasteiger partial charge in [-0.1, -0.05) is 6.07 Å². The van der Waals surface area contributed by atoms with Crippen LogP contribution in [0.1, 0.15) is 33.7 Å². The molecule has 0 unspecified atom stereocenters. The van der Waals surface area contributed by atoms with E-state index in [2.05, 4.69) is 24.4 Å². The van der Waals surface area contributed by atoms with Gasteiger partial charge in [0.2, 0.25) is 5.88 Å². The topological polar surface area (TPSA) is 99.7 Å². The molecule has 0 bridgehead atoms. The van der Waals surface area contributed by atoms with Crippen LogP contribution >= 0.6 is 0 Å². The molecule has 1 aromatic carbocycles. The van der Waals surface area contributed by atoms with E-state index in [-0.39, 0.29) is 17.0 Å². The van der Waals surface area contributed by atoms with Crippen molar-refractivity contribution in [2.24, 2.45) is 10.7 Å². The molecule has 0 spiro atoms. The minimum atomic E-state index is -4.93. The zero-order valence-electron chi connectivity index (χ0n) is 18.4. The number of nitrogens with two attached hydrogens (primary N) is 1. The number of carbonyl (C=O) groups is 1. The van der Waals surface area contributed by atoms with E-state index in [1.165, 1.54) is 6.92 Å². The van der Waals surface area contributed by atoms with Gasteiger partial charge >= 0.3 is 12.4 Å². The molecule has 2 heterocycles. The molecule has 0 amide bonds. The quantitative estimate of drug-likeness (QED) is 0.431. The Kier molecular flexibility index (Phi) is 7.41. The second-order valence-electron chi connectivity index (χ2n) is 7.93. The van der Waals surface area contributed by atoms with Gasteiger partial charge in [0.05, 0.1) is 11.9 Å². The van der Waals surface area contributed by atoms with Crippen LogP contribution in [0.15, 0.2) is 29.4 Å². The summed E-state index contributed by atoms with van der Waals surface area (Å²) in [5, 5.41) is 0. The highest BCUT2D eigenvalue weighted by Gasteiger charge is 2.52. The fourth-order valence-corrected chi connectivity index (χ4v) is 3.55. The van der Waals surface area contributed by atoms with Crippen molar-refractivity contribution < 1.29 is 49.4 Å². The summed E-state index contributed by atoms with van der Waals surface area (Å²) in [7, 11) is 0. The minimum absolute atomic E-state index is 0.0583. The van der Waals surface area contributed by atoms with Gasteiger partial charge in [0.25, 0.3) is 6.02 Å². The summed E-state index contributed by atoms with van der Waals surface area (Å²) in [6, 6.07) is 2.01. The molecule has 0 saturated carbocycles. The van der Waals surface area contributed by atoms with Crippen molar-refractivity contribution in [3.8, 4) is 5.88 Å². The molecule has 0 saturated heterocycles.